The van der Waals surface area contributed by atoms with Crippen LogP contribution in [0.1, 0.15) is 30.4 Å². The number of benzene rings is 1. The van der Waals surface area contributed by atoms with Gasteiger partial charge in [-0.05, 0) is 42.2 Å². The van der Waals surface area contributed by atoms with Crippen molar-refractivity contribution < 1.29 is 14.0 Å². The van der Waals surface area contributed by atoms with Crippen LogP contribution in [0.4, 0.5) is 4.39 Å². The van der Waals surface area contributed by atoms with Gasteiger partial charge in [-0.3, -0.25) is 14.6 Å². The topological polar surface area (TPSA) is 62.3 Å². The van der Waals surface area contributed by atoms with Crippen molar-refractivity contribution in [2.45, 2.75) is 37.3 Å². The van der Waals surface area contributed by atoms with Gasteiger partial charge in [-0.15, -0.1) is 0 Å². The number of rotatable bonds is 4. The molecule has 0 saturated carbocycles. The van der Waals surface area contributed by atoms with Crippen LogP contribution in [0.2, 0.25) is 0 Å². The minimum Gasteiger partial charge on any atom is -0.351 e. The number of pyridine rings is 1. The van der Waals surface area contributed by atoms with E-state index < -0.39 is 5.41 Å². The molecular weight excluding hydrogens is 333 g/mol. The Morgan fingerprint density at radius 1 is 1.31 bits per heavy atom. The van der Waals surface area contributed by atoms with E-state index in [4.69, 9.17) is 0 Å². The summed E-state index contributed by atoms with van der Waals surface area (Å²) < 4.78 is 13.4. The molecule has 0 unspecified atom stereocenters. The fourth-order valence-corrected chi connectivity index (χ4v) is 4.11. The monoisotopic (exact) mass is 353 g/mol. The molecule has 3 heterocycles. The minimum atomic E-state index is -0.837. The zero-order valence-corrected chi connectivity index (χ0v) is 14.3. The third-order valence-corrected chi connectivity index (χ3v) is 5.48. The Morgan fingerprint density at radius 3 is 2.81 bits per heavy atom. The molecule has 0 aliphatic carbocycles. The van der Waals surface area contributed by atoms with Crippen molar-refractivity contribution in [2.75, 3.05) is 6.54 Å². The Morgan fingerprint density at radius 2 is 2.12 bits per heavy atom. The van der Waals surface area contributed by atoms with Gasteiger partial charge in [0.25, 0.3) is 0 Å². The molecule has 2 saturated heterocycles. The Hall–Kier alpha value is -2.76. The van der Waals surface area contributed by atoms with E-state index in [-0.39, 0.29) is 23.7 Å². The van der Waals surface area contributed by atoms with Gasteiger partial charge >= 0.3 is 0 Å². The largest absolute Gasteiger partial charge is 0.351 e. The molecule has 1 N–H and O–H groups in total. The van der Waals surface area contributed by atoms with Gasteiger partial charge in [0.2, 0.25) is 11.8 Å². The van der Waals surface area contributed by atoms with Crippen LogP contribution < -0.4 is 5.32 Å². The number of halogens is 1. The van der Waals surface area contributed by atoms with Crippen LogP contribution in [-0.4, -0.2) is 34.3 Å². The molecule has 2 atom stereocenters. The summed E-state index contributed by atoms with van der Waals surface area (Å²) >= 11 is 0. The van der Waals surface area contributed by atoms with Gasteiger partial charge in [0.1, 0.15) is 5.82 Å². The first kappa shape index (κ1) is 16.7. The van der Waals surface area contributed by atoms with E-state index in [1.54, 1.807) is 24.5 Å². The first-order valence-electron chi connectivity index (χ1n) is 8.81. The number of carbonyl (C=O) groups excluding carboxylic acids is 2. The summed E-state index contributed by atoms with van der Waals surface area (Å²) in [6.45, 7) is 0.717. The third-order valence-electron chi connectivity index (χ3n) is 5.48. The number of fused-ring (bicyclic) bond motifs is 1. The van der Waals surface area contributed by atoms with Gasteiger partial charge in [-0.25, -0.2) is 4.39 Å². The fourth-order valence-electron chi connectivity index (χ4n) is 4.11. The smallest absolute Gasteiger partial charge is 0.232 e. The van der Waals surface area contributed by atoms with Crippen molar-refractivity contribution >= 4 is 11.8 Å². The second-order valence-electron chi connectivity index (χ2n) is 7.05. The molecule has 2 aliphatic heterocycles. The SMILES string of the molecule is O=C1CC[C@H]2C[C@@](C(=O)NCc3cccnc3)(c3ccc(F)cc3)CN12. The highest BCUT2D eigenvalue weighted by atomic mass is 19.1. The van der Waals surface area contributed by atoms with Crippen molar-refractivity contribution in [3.05, 3.63) is 65.7 Å². The van der Waals surface area contributed by atoms with Gasteiger partial charge in [0.15, 0.2) is 0 Å². The summed E-state index contributed by atoms with van der Waals surface area (Å²) in [5, 5.41) is 2.99. The molecule has 6 heteroatoms. The summed E-state index contributed by atoms with van der Waals surface area (Å²) in [4.78, 5) is 31.2. The number of hydrogen-bond acceptors (Lipinski definition) is 3. The lowest BCUT2D eigenvalue weighted by molar-refractivity contribution is -0.129. The number of nitrogens with zero attached hydrogens (tertiary/aromatic N) is 2. The molecule has 2 fully saturated rings. The lowest BCUT2D eigenvalue weighted by atomic mass is 9.77. The zero-order chi connectivity index (χ0) is 18.1. The summed E-state index contributed by atoms with van der Waals surface area (Å²) in [6.07, 6.45) is 5.28. The standard InChI is InChI=1S/C20H20FN3O2/c21-16-5-3-15(4-6-16)20(10-17-7-8-18(25)24(17)13-20)19(26)23-12-14-2-1-9-22-11-14/h1-6,9,11,17H,7-8,10,12-13H2,(H,23,26)/t17-,20-/m0/s1. The van der Waals surface area contributed by atoms with E-state index in [0.29, 0.717) is 25.9 Å². The molecule has 0 spiro atoms. The van der Waals surface area contributed by atoms with Gasteiger partial charge in [0, 0.05) is 37.9 Å². The van der Waals surface area contributed by atoms with E-state index in [1.165, 1.54) is 12.1 Å². The summed E-state index contributed by atoms with van der Waals surface area (Å²) in [7, 11) is 0. The average molecular weight is 353 g/mol. The second kappa shape index (κ2) is 6.52. The summed E-state index contributed by atoms with van der Waals surface area (Å²) in [6, 6.07) is 9.86. The predicted octanol–water partition coefficient (Wildman–Crippen LogP) is 2.17. The van der Waals surface area contributed by atoms with E-state index >= 15 is 0 Å². The highest BCUT2D eigenvalue weighted by Gasteiger charge is 2.53. The van der Waals surface area contributed by atoms with Crippen molar-refractivity contribution in [1.29, 1.82) is 0 Å². The first-order chi connectivity index (χ1) is 12.6. The molecule has 2 amide bonds. The maximum Gasteiger partial charge on any atom is 0.232 e. The quantitative estimate of drug-likeness (QED) is 0.916. The van der Waals surface area contributed by atoms with Crippen molar-refractivity contribution in [3.63, 3.8) is 0 Å². The van der Waals surface area contributed by atoms with Crippen LogP contribution in [0.15, 0.2) is 48.8 Å². The Kier molecular flexibility index (Phi) is 4.18. The molecular formula is C20H20FN3O2. The number of amides is 2. The Labute approximate surface area is 151 Å². The lowest BCUT2D eigenvalue weighted by Gasteiger charge is -2.29. The molecule has 5 nitrogen and oxygen atoms in total. The van der Waals surface area contributed by atoms with E-state index in [1.807, 2.05) is 17.0 Å². The first-order valence-corrected chi connectivity index (χ1v) is 8.81. The van der Waals surface area contributed by atoms with E-state index in [0.717, 1.165) is 17.5 Å². The highest BCUT2D eigenvalue weighted by molar-refractivity contribution is 5.91. The van der Waals surface area contributed by atoms with Gasteiger partial charge in [0.05, 0.1) is 5.41 Å². The molecule has 0 radical (unpaired) electrons. The maximum atomic E-state index is 13.4. The van der Waals surface area contributed by atoms with Crippen LogP contribution in [0.5, 0.6) is 0 Å². The molecule has 4 rings (SSSR count). The van der Waals surface area contributed by atoms with Gasteiger partial charge < -0.3 is 10.2 Å². The molecule has 2 aromatic rings. The van der Waals surface area contributed by atoms with Crippen LogP contribution in [0, 0.1) is 5.82 Å². The van der Waals surface area contributed by atoms with Gasteiger partial charge in [-0.2, -0.15) is 0 Å². The van der Waals surface area contributed by atoms with Crippen LogP contribution >= 0.6 is 0 Å². The fraction of sp³-hybridized carbons (Fsp3) is 0.350. The second-order valence-corrected chi connectivity index (χ2v) is 7.05. The number of carbonyl (C=O) groups is 2. The molecule has 134 valence electrons. The zero-order valence-electron chi connectivity index (χ0n) is 14.3. The van der Waals surface area contributed by atoms with E-state index in [2.05, 4.69) is 10.3 Å². The highest BCUT2D eigenvalue weighted by Crippen LogP contribution is 2.43. The molecule has 26 heavy (non-hydrogen) atoms. The average Bonchev–Trinajstić information content (AvgIpc) is 3.21. The number of nitrogens with one attached hydrogen (secondary N) is 1. The number of aromatic nitrogens is 1. The Bertz CT molecular complexity index is 825. The van der Waals surface area contributed by atoms with E-state index in [9.17, 15) is 14.0 Å². The van der Waals surface area contributed by atoms with Crippen molar-refractivity contribution in [1.82, 2.24) is 15.2 Å². The molecule has 2 aliphatic rings. The molecule has 1 aromatic carbocycles. The van der Waals surface area contributed by atoms with Crippen molar-refractivity contribution in [2.24, 2.45) is 0 Å². The van der Waals surface area contributed by atoms with Crippen LogP contribution in [0.3, 0.4) is 0 Å². The third kappa shape index (κ3) is 2.85. The number of hydrogen-bond donors (Lipinski definition) is 1. The molecule has 0 bridgehead atoms. The van der Waals surface area contributed by atoms with Gasteiger partial charge in [-0.1, -0.05) is 18.2 Å². The summed E-state index contributed by atoms with van der Waals surface area (Å²) in [5.41, 5.74) is 0.825. The predicted molar refractivity (Wildman–Crippen MR) is 93.5 cm³/mol. The van der Waals surface area contributed by atoms with Crippen molar-refractivity contribution in [3.8, 4) is 0 Å². The normalized spacial score (nSPS) is 24.6. The minimum absolute atomic E-state index is 0.0803. The lowest BCUT2D eigenvalue weighted by Crippen LogP contribution is -2.46. The summed E-state index contributed by atoms with van der Waals surface area (Å²) in [5.74, 6) is -0.372. The maximum absolute atomic E-state index is 13.4. The van der Waals surface area contributed by atoms with Crippen LogP contribution in [0.25, 0.3) is 0 Å². The molecule has 1 aromatic heterocycles. The van der Waals surface area contributed by atoms with Crippen LogP contribution in [-0.2, 0) is 21.5 Å². The Balaban J connectivity index is 1.62.